The van der Waals surface area contributed by atoms with Crippen molar-refractivity contribution in [2.24, 2.45) is 5.11 Å². The second kappa shape index (κ2) is 9.20. The van der Waals surface area contributed by atoms with Gasteiger partial charge in [-0.2, -0.15) is 4.98 Å². The van der Waals surface area contributed by atoms with Gasteiger partial charge in [0.2, 0.25) is 0 Å². The molecule has 1 aromatic heterocycles. The summed E-state index contributed by atoms with van der Waals surface area (Å²) in [4.78, 5) is 30.3. The van der Waals surface area contributed by atoms with E-state index in [1.807, 2.05) is 30.3 Å². The number of ether oxygens (including phenoxy) is 3. The van der Waals surface area contributed by atoms with E-state index in [1.54, 1.807) is 0 Å². The zero-order valence-electron chi connectivity index (χ0n) is 15.6. The number of nitrogens with zero attached hydrogens (tertiary/aromatic N) is 5. The van der Waals surface area contributed by atoms with Crippen LogP contribution >= 0.6 is 0 Å². The third-order valence-electron chi connectivity index (χ3n) is 4.32. The molecule has 1 aliphatic rings. The molecule has 4 atom stereocenters. The van der Waals surface area contributed by atoms with Gasteiger partial charge in [0, 0.05) is 18.0 Å². The van der Waals surface area contributed by atoms with E-state index < -0.39 is 36.1 Å². The van der Waals surface area contributed by atoms with Crippen LogP contribution in [-0.2, 0) is 25.6 Å². The van der Waals surface area contributed by atoms with Crippen molar-refractivity contribution < 1.29 is 19.0 Å². The first-order valence-corrected chi connectivity index (χ1v) is 8.83. The van der Waals surface area contributed by atoms with Gasteiger partial charge in [0.1, 0.15) is 11.9 Å². The lowest BCUT2D eigenvalue weighted by molar-refractivity contribution is -0.153. The molecule has 0 spiro atoms. The number of rotatable bonds is 7. The van der Waals surface area contributed by atoms with Gasteiger partial charge in [-0.15, -0.1) is 0 Å². The summed E-state index contributed by atoms with van der Waals surface area (Å²) in [6, 6.07) is 10.0. The van der Waals surface area contributed by atoms with E-state index in [1.165, 1.54) is 19.2 Å². The predicted octanol–water partition coefficient (Wildman–Crippen LogP) is 1.55. The topological polar surface area (TPSA) is 154 Å². The molecule has 3 rings (SSSR count). The number of hydrogen-bond donors (Lipinski definition) is 1. The number of esters is 1. The quantitative estimate of drug-likeness (QED) is 0.320. The predicted molar refractivity (Wildman–Crippen MR) is 101 cm³/mol. The molecule has 0 aliphatic carbocycles. The summed E-state index contributed by atoms with van der Waals surface area (Å²) in [7, 11) is 0. The summed E-state index contributed by atoms with van der Waals surface area (Å²) in [5, 5.41) is 3.73. The van der Waals surface area contributed by atoms with E-state index in [4.69, 9.17) is 25.5 Å². The summed E-state index contributed by atoms with van der Waals surface area (Å²) < 4.78 is 18.1. The van der Waals surface area contributed by atoms with Crippen molar-refractivity contribution in [2.45, 2.75) is 38.0 Å². The Hall–Kier alpha value is -3.40. The second-order valence-electron chi connectivity index (χ2n) is 6.38. The van der Waals surface area contributed by atoms with Crippen LogP contribution in [0.1, 0.15) is 18.7 Å². The van der Waals surface area contributed by atoms with Gasteiger partial charge in [0.15, 0.2) is 12.3 Å². The zero-order valence-corrected chi connectivity index (χ0v) is 15.6. The van der Waals surface area contributed by atoms with Crippen LogP contribution in [0.15, 0.2) is 52.5 Å². The molecular weight excluding hydrogens is 380 g/mol. The van der Waals surface area contributed by atoms with Crippen LogP contribution in [0.5, 0.6) is 0 Å². The van der Waals surface area contributed by atoms with E-state index in [0.29, 0.717) is 6.61 Å². The molecule has 0 amide bonds. The smallest absolute Gasteiger partial charge is 0.351 e. The third-order valence-corrected chi connectivity index (χ3v) is 4.32. The summed E-state index contributed by atoms with van der Waals surface area (Å²) in [5.74, 6) is -0.563. The van der Waals surface area contributed by atoms with Crippen molar-refractivity contribution in [1.82, 2.24) is 9.55 Å². The lowest BCUT2D eigenvalue weighted by Crippen LogP contribution is -2.38. The maximum absolute atomic E-state index is 12.2. The molecule has 2 N–H and O–H groups in total. The minimum absolute atomic E-state index is 0.0441. The first-order chi connectivity index (χ1) is 14.0. The lowest BCUT2D eigenvalue weighted by Gasteiger charge is -2.21. The Labute approximate surface area is 165 Å². The Morgan fingerprint density at radius 1 is 1.38 bits per heavy atom. The Morgan fingerprint density at radius 3 is 2.79 bits per heavy atom. The highest BCUT2D eigenvalue weighted by atomic mass is 16.6. The highest BCUT2D eigenvalue weighted by Gasteiger charge is 2.48. The van der Waals surface area contributed by atoms with Gasteiger partial charge in [-0.3, -0.25) is 9.36 Å². The van der Waals surface area contributed by atoms with Gasteiger partial charge in [-0.05, 0) is 17.2 Å². The lowest BCUT2D eigenvalue weighted by atomic mass is 10.1. The summed E-state index contributed by atoms with van der Waals surface area (Å²) in [6.45, 7) is 1.59. The van der Waals surface area contributed by atoms with Crippen molar-refractivity contribution in [1.29, 1.82) is 0 Å². The number of hydrogen-bond acceptors (Lipinski definition) is 8. The first kappa shape index (κ1) is 20.3. The Bertz CT molecular complexity index is 959. The van der Waals surface area contributed by atoms with E-state index >= 15 is 0 Å². The van der Waals surface area contributed by atoms with Gasteiger partial charge in [0.05, 0.1) is 19.3 Å². The first-order valence-electron chi connectivity index (χ1n) is 8.83. The van der Waals surface area contributed by atoms with Crippen LogP contribution < -0.4 is 11.4 Å². The van der Waals surface area contributed by atoms with Gasteiger partial charge in [0.25, 0.3) is 0 Å². The van der Waals surface area contributed by atoms with Crippen LogP contribution in [0.25, 0.3) is 10.4 Å². The summed E-state index contributed by atoms with van der Waals surface area (Å²) in [5.41, 5.74) is 14.8. The van der Waals surface area contributed by atoms with Crippen molar-refractivity contribution in [3.05, 3.63) is 69.1 Å². The second-order valence-corrected chi connectivity index (χ2v) is 6.38. The number of carbonyl (C=O) groups excluding carboxylic acids is 1. The molecule has 1 saturated heterocycles. The third kappa shape index (κ3) is 4.91. The zero-order chi connectivity index (χ0) is 20.8. The number of azide groups is 1. The van der Waals surface area contributed by atoms with Crippen LogP contribution in [-0.4, -0.2) is 40.4 Å². The molecule has 1 fully saturated rings. The van der Waals surface area contributed by atoms with Gasteiger partial charge in [-0.25, -0.2) is 4.79 Å². The van der Waals surface area contributed by atoms with Crippen molar-refractivity contribution in [3.8, 4) is 0 Å². The van der Waals surface area contributed by atoms with Crippen LogP contribution in [0.4, 0.5) is 5.82 Å². The van der Waals surface area contributed by atoms with E-state index in [2.05, 4.69) is 15.0 Å². The normalized spacial score (nSPS) is 23.3. The van der Waals surface area contributed by atoms with Crippen LogP contribution in [0.2, 0.25) is 0 Å². The molecule has 2 aromatic rings. The number of nitrogens with two attached hydrogens (primary N) is 1. The number of anilines is 1. The number of benzene rings is 1. The molecule has 29 heavy (non-hydrogen) atoms. The molecule has 0 bridgehead atoms. The largest absolute Gasteiger partial charge is 0.457 e. The van der Waals surface area contributed by atoms with E-state index in [0.717, 1.165) is 10.1 Å². The fourth-order valence-electron chi connectivity index (χ4n) is 3.08. The van der Waals surface area contributed by atoms with E-state index in [9.17, 15) is 9.59 Å². The number of carbonyl (C=O) groups is 1. The molecule has 152 valence electrons. The average molecular weight is 400 g/mol. The maximum Gasteiger partial charge on any atom is 0.351 e. The summed E-state index contributed by atoms with van der Waals surface area (Å²) in [6.07, 6.45) is -1.43. The van der Waals surface area contributed by atoms with Crippen molar-refractivity contribution in [3.63, 3.8) is 0 Å². The molecule has 0 unspecified atom stereocenters. The van der Waals surface area contributed by atoms with Gasteiger partial charge >= 0.3 is 11.7 Å². The Balaban J connectivity index is 1.82. The highest BCUT2D eigenvalue weighted by molar-refractivity contribution is 5.66. The van der Waals surface area contributed by atoms with Crippen LogP contribution in [0.3, 0.4) is 0 Å². The molecule has 1 aromatic carbocycles. The fourth-order valence-corrected chi connectivity index (χ4v) is 3.08. The molecule has 0 radical (unpaired) electrons. The molecule has 1 aliphatic heterocycles. The molecular formula is C18H20N6O5. The van der Waals surface area contributed by atoms with Crippen molar-refractivity contribution in [2.75, 3.05) is 12.3 Å². The average Bonchev–Trinajstić information content (AvgIpc) is 3.00. The fraction of sp³-hybridized carbons (Fsp3) is 0.389. The van der Waals surface area contributed by atoms with Gasteiger partial charge < -0.3 is 19.9 Å². The van der Waals surface area contributed by atoms with Crippen LogP contribution in [0, 0.1) is 0 Å². The summed E-state index contributed by atoms with van der Waals surface area (Å²) >= 11 is 0. The standard InChI is InChI=1S/C18H20N6O5/c1-11(25)28-16-15(22-23-20)13(10-27-9-12-5-3-2-4-6-12)29-17(16)24-8-7-14(19)21-18(24)26/h2-8,13,15-17H,9-10H2,1H3,(H2,19,21,26)/t13-,15-,16-,17-/m1/s1. The Morgan fingerprint density at radius 2 is 2.14 bits per heavy atom. The SMILES string of the molecule is CC(=O)O[C@@H]1[C@H](N=[N+]=[N-])[C@@H](COCc2ccccc2)O[C@H]1n1ccc(N)nc1=O. The Kier molecular flexibility index (Phi) is 6.45. The molecule has 11 heteroatoms. The monoisotopic (exact) mass is 400 g/mol. The molecule has 0 saturated carbocycles. The molecule has 11 nitrogen and oxygen atoms in total. The highest BCUT2D eigenvalue weighted by Crippen LogP contribution is 2.33. The van der Waals surface area contributed by atoms with Gasteiger partial charge in [-0.1, -0.05) is 35.4 Å². The van der Waals surface area contributed by atoms with E-state index in [-0.39, 0.29) is 12.4 Å². The number of aromatic nitrogens is 2. The minimum Gasteiger partial charge on any atom is -0.457 e. The van der Waals surface area contributed by atoms with Crippen molar-refractivity contribution >= 4 is 11.8 Å². The minimum atomic E-state index is -1.04. The molecule has 2 heterocycles. The maximum atomic E-state index is 12.2. The number of nitrogen functional groups attached to an aromatic ring is 1.